The fourth-order valence-electron chi connectivity index (χ4n) is 4.01. The fraction of sp³-hybridized carbons (Fsp3) is 0.333. The van der Waals surface area contributed by atoms with Gasteiger partial charge in [-0.05, 0) is 63.4 Å². The monoisotopic (exact) mass is 452 g/mol. The second-order valence-corrected chi connectivity index (χ2v) is 9.96. The quantitative estimate of drug-likeness (QED) is 0.593. The molecule has 0 saturated carbocycles. The number of sulfonamides is 1. The van der Waals surface area contributed by atoms with Crippen molar-refractivity contribution >= 4 is 38.1 Å². The van der Waals surface area contributed by atoms with E-state index >= 15 is 0 Å². The van der Waals surface area contributed by atoms with Crippen molar-refractivity contribution in [3.05, 3.63) is 60.4 Å². The predicted molar refractivity (Wildman–Crippen MR) is 127 cm³/mol. The molecule has 0 unspecified atom stereocenters. The lowest BCUT2D eigenvalue weighted by molar-refractivity contribution is -0.117. The van der Waals surface area contributed by atoms with Gasteiger partial charge in [0.1, 0.15) is 0 Å². The van der Waals surface area contributed by atoms with Gasteiger partial charge < -0.3 is 10.2 Å². The summed E-state index contributed by atoms with van der Waals surface area (Å²) >= 11 is 0. The first-order valence-electron chi connectivity index (χ1n) is 10.9. The minimum atomic E-state index is -3.81. The Morgan fingerprint density at radius 3 is 2.44 bits per heavy atom. The molecule has 1 aliphatic heterocycles. The highest BCUT2D eigenvalue weighted by molar-refractivity contribution is 7.89. The van der Waals surface area contributed by atoms with E-state index in [1.807, 2.05) is 25.1 Å². The molecule has 1 fully saturated rings. The Hall–Kier alpha value is -2.97. The van der Waals surface area contributed by atoms with Gasteiger partial charge in [-0.1, -0.05) is 17.7 Å². The summed E-state index contributed by atoms with van der Waals surface area (Å²) in [5.74, 6) is -0.434. The molecule has 2 N–H and O–H groups in total. The molecule has 1 saturated heterocycles. The summed E-state index contributed by atoms with van der Waals surface area (Å²) in [4.78, 5) is 19.6. The van der Waals surface area contributed by atoms with Crippen molar-refractivity contribution in [2.45, 2.75) is 44.0 Å². The van der Waals surface area contributed by atoms with E-state index < -0.39 is 22.0 Å². The summed E-state index contributed by atoms with van der Waals surface area (Å²) in [5, 5.41) is 4.73. The van der Waals surface area contributed by atoms with E-state index in [1.165, 1.54) is 38.3 Å². The van der Waals surface area contributed by atoms with Gasteiger partial charge in [0.2, 0.25) is 15.9 Å². The van der Waals surface area contributed by atoms with E-state index in [0.29, 0.717) is 5.69 Å². The number of hydrogen-bond donors (Lipinski definition) is 2. The van der Waals surface area contributed by atoms with Crippen LogP contribution in [0.25, 0.3) is 10.8 Å². The Labute approximate surface area is 188 Å². The molecule has 8 heteroatoms. The molecule has 0 aliphatic carbocycles. The van der Waals surface area contributed by atoms with E-state index in [2.05, 4.69) is 19.9 Å². The first-order chi connectivity index (χ1) is 15.3. The number of aryl methyl sites for hydroxylation is 1. The third kappa shape index (κ3) is 4.76. The Bertz CT molecular complexity index is 1220. The lowest BCUT2D eigenvalue weighted by Crippen LogP contribution is -2.41. The van der Waals surface area contributed by atoms with Crippen molar-refractivity contribution in [3.8, 4) is 0 Å². The number of piperidine rings is 1. The molecule has 0 spiro atoms. The average molecular weight is 453 g/mol. The SMILES string of the molecule is Cc1ccc(S(=O)(=O)N[C@@H](C)C(=O)Nc2ccc(N3CCCCC3)c3ccncc23)cc1. The number of rotatable bonds is 6. The number of pyridine rings is 1. The molecule has 1 amide bonds. The van der Waals surface area contributed by atoms with Gasteiger partial charge in [-0.25, -0.2) is 8.42 Å². The van der Waals surface area contributed by atoms with Crippen LogP contribution in [0.3, 0.4) is 0 Å². The zero-order valence-electron chi connectivity index (χ0n) is 18.3. The number of carbonyl (C=O) groups excluding carboxylic acids is 1. The first kappa shape index (κ1) is 22.2. The van der Waals surface area contributed by atoms with Crippen LogP contribution in [0.5, 0.6) is 0 Å². The van der Waals surface area contributed by atoms with Crippen LogP contribution >= 0.6 is 0 Å². The van der Waals surface area contributed by atoms with Gasteiger partial charge in [-0.2, -0.15) is 4.72 Å². The molecule has 0 radical (unpaired) electrons. The number of aromatic nitrogens is 1. The Morgan fingerprint density at radius 1 is 1.00 bits per heavy atom. The van der Waals surface area contributed by atoms with Crippen LogP contribution in [0.4, 0.5) is 11.4 Å². The second kappa shape index (κ2) is 9.26. The third-order valence-electron chi connectivity index (χ3n) is 5.81. The van der Waals surface area contributed by atoms with Gasteiger partial charge in [0.25, 0.3) is 0 Å². The van der Waals surface area contributed by atoms with Crippen LogP contribution < -0.4 is 14.9 Å². The molecule has 32 heavy (non-hydrogen) atoms. The molecule has 3 aromatic rings. The maximum Gasteiger partial charge on any atom is 0.242 e. The van der Waals surface area contributed by atoms with Crippen LogP contribution in [0, 0.1) is 6.92 Å². The van der Waals surface area contributed by atoms with Gasteiger partial charge in [0.15, 0.2) is 0 Å². The van der Waals surface area contributed by atoms with Crippen LogP contribution in [0.1, 0.15) is 31.7 Å². The summed E-state index contributed by atoms with van der Waals surface area (Å²) in [7, 11) is -3.81. The summed E-state index contributed by atoms with van der Waals surface area (Å²) in [6.45, 7) is 5.45. The molecule has 2 heterocycles. The van der Waals surface area contributed by atoms with Crippen molar-refractivity contribution < 1.29 is 13.2 Å². The molecule has 1 aromatic heterocycles. The highest BCUT2D eigenvalue weighted by Crippen LogP contribution is 2.33. The van der Waals surface area contributed by atoms with Crippen molar-refractivity contribution in [1.29, 1.82) is 0 Å². The molecule has 1 aliphatic rings. The summed E-state index contributed by atoms with van der Waals surface area (Å²) in [6, 6.07) is 11.4. The maximum absolute atomic E-state index is 12.8. The average Bonchev–Trinajstić information content (AvgIpc) is 2.80. The minimum Gasteiger partial charge on any atom is -0.371 e. The normalized spacial score (nSPS) is 15.5. The highest BCUT2D eigenvalue weighted by atomic mass is 32.2. The number of nitrogens with zero attached hydrogens (tertiary/aromatic N) is 2. The van der Waals surface area contributed by atoms with Gasteiger partial charge >= 0.3 is 0 Å². The Balaban J connectivity index is 1.54. The smallest absolute Gasteiger partial charge is 0.242 e. The topological polar surface area (TPSA) is 91.4 Å². The predicted octanol–water partition coefficient (Wildman–Crippen LogP) is 3.84. The number of amides is 1. The molecule has 2 aromatic carbocycles. The molecular formula is C24H28N4O3S. The van der Waals surface area contributed by atoms with E-state index in [4.69, 9.17) is 0 Å². The number of nitrogens with one attached hydrogen (secondary N) is 2. The fourth-order valence-corrected chi connectivity index (χ4v) is 5.21. The van der Waals surface area contributed by atoms with E-state index in [1.54, 1.807) is 24.5 Å². The van der Waals surface area contributed by atoms with Crippen molar-refractivity contribution in [2.75, 3.05) is 23.3 Å². The molecular weight excluding hydrogens is 424 g/mol. The Kier molecular flexibility index (Phi) is 6.43. The van der Waals surface area contributed by atoms with Crippen molar-refractivity contribution in [3.63, 3.8) is 0 Å². The second-order valence-electron chi connectivity index (χ2n) is 8.25. The number of hydrogen-bond acceptors (Lipinski definition) is 5. The largest absolute Gasteiger partial charge is 0.371 e. The van der Waals surface area contributed by atoms with E-state index in [-0.39, 0.29) is 4.90 Å². The number of fused-ring (bicyclic) bond motifs is 1. The lowest BCUT2D eigenvalue weighted by Gasteiger charge is -2.30. The third-order valence-corrected chi connectivity index (χ3v) is 7.36. The zero-order valence-corrected chi connectivity index (χ0v) is 19.2. The van der Waals surface area contributed by atoms with Crippen molar-refractivity contribution in [2.24, 2.45) is 0 Å². The first-order valence-corrected chi connectivity index (χ1v) is 12.3. The van der Waals surface area contributed by atoms with Gasteiger partial charge in [0, 0.05) is 41.9 Å². The molecule has 7 nitrogen and oxygen atoms in total. The number of anilines is 2. The van der Waals surface area contributed by atoms with Gasteiger partial charge in [-0.3, -0.25) is 9.78 Å². The summed E-state index contributed by atoms with van der Waals surface area (Å²) in [6.07, 6.45) is 7.08. The van der Waals surface area contributed by atoms with E-state index in [9.17, 15) is 13.2 Å². The lowest BCUT2D eigenvalue weighted by atomic mass is 10.0. The Morgan fingerprint density at radius 2 is 1.72 bits per heavy atom. The zero-order chi connectivity index (χ0) is 22.7. The van der Waals surface area contributed by atoms with Crippen LogP contribution in [0.15, 0.2) is 59.8 Å². The molecule has 4 rings (SSSR count). The van der Waals surface area contributed by atoms with Gasteiger partial charge in [-0.15, -0.1) is 0 Å². The van der Waals surface area contributed by atoms with Crippen LogP contribution in [-0.2, 0) is 14.8 Å². The summed E-state index contributed by atoms with van der Waals surface area (Å²) in [5.41, 5.74) is 2.71. The van der Waals surface area contributed by atoms with Gasteiger partial charge in [0.05, 0.1) is 16.6 Å². The van der Waals surface area contributed by atoms with Crippen LogP contribution in [0.2, 0.25) is 0 Å². The molecule has 168 valence electrons. The standard InChI is InChI=1S/C24H28N4O3S/c1-17-6-8-19(9-7-17)32(30,31)27-18(2)24(29)26-22-10-11-23(28-14-4-3-5-15-28)20-12-13-25-16-21(20)22/h6-13,16,18,27H,3-5,14-15H2,1-2H3,(H,26,29)/t18-/m0/s1. The highest BCUT2D eigenvalue weighted by Gasteiger charge is 2.23. The van der Waals surface area contributed by atoms with Crippen molar-refractivity contribution in [1.82, 2.24) is 9.71 Å². The van der Waals surface area contributed by atoms with E-state index in [0.717, 1.165) is 35.1 Å². The number of carbonyl (C=O) groups is 1. The molecule has 0 bridgehead atoms. The molecule has 1 atom stereocenters. The maximum atomic E-state index is 12.8. The minimum absolute atomic E-state index is 0.128. The van der Waals surface area contributed by atoms with Crippen LogP contribution in [-0.4, -0.2) is 38.4 Å². The number of benzene rings is 2. The summed E-state index contributed by atoms with van der Waals surface area (Å²) < 4.78 is 27.7.